The van der Waals surface area contributed by atoms with E-state index in [0.717, 1.165) is 55.2 Å². The lowest BCUT2D eigenvalue weighted by atomic mass is 10.0. The number of amides is 1. The number of piperidine rings is 1. The zero-order valence-electron chi connectivity index (χ0n) is 16.2. The Kier molecular flexibility index (Phi) is 5.88. The maximum atomic E-state index is 13.4. The number of nitrogens with one attached hydrogen (secondary N) is 1. The van der Waals surface area contributed by atoms with Crippen LogP contribution in [0.25, 0.3) is 16.3 Å². The molecule has 0 saturated carbocycles. The molecule has 6 heteroatoms. The van der Waals surface area contributed by atoms with Gasteiger partial charge in [-0.1, -0.05) is 31.2 Å². The van der Waals surface area contributed by atoms with Crippen LogP contribution in [0.15, 0.2) is 53.9 Å². The van der Waals surface area contributed by atoms with Crippen LogP contribution in [0.2, 0.25) is 0 Å². The fraction of sp³-hybridized carbons (Fsp3) is 0.364. The highest BCUT2D eigenvalue weighted by Crippen LogP contribution is 2.29. The van der Waals surface area contributed by atoms with Crippen LogP contribution in [0.1, 0.15) is 36.7 Å². The lowest BCUT2D eigenvalue weighted by Gasteiger charge is -2.34. The molecule has 0 bridgehead atoms. The summed E-state index contributed by atoms with van der Waals surface area (Å²) < 4.78 is 1.89. The van der Waals surface area contributed by atoms with Gasteiger partial charge in [0, 0.05) is 12.6 Å². The standard InChI is InChI=1S/C22H26N4OS/c1-2-14-25(17-10-12-23-13-11-17)22(27)19-16-20(21-9-6-15-28-21)26(24-19)18-7-4-3-5-8-18/h3-9,15-17,23H,2,10-14H2,1H3. The van der Waals surface area contributed by atoms with E-state index in [0.29, 0.717) is 11.7 Å². The van der Waals surface area contributed by atoms with Crippen molar-refractivity contribution in [3.05, 3.63) is 59.6 Å². The molecule has 146 valence electrons. The van der Waals surface area contributed by atoms with Crippen LogP contribution in [0.4, 0.5) is 0 Å². The third-order valence-electron chi connectivity index (χ3n) is 5.18. The number of benzene rings is 1. The normalized spacial score (nSPS) is 14.9. The summed E-state index contributed by atoms with van der Waals surface area (Å²) in [7, 11) is 0. The Bertz CT molecular complexity index is 898. The fourth-order valence-electron chi connectivity index (χ4n) is 3.81. The van der Waals surface area contributed by atoms with Crippen molar-refractivity contribution in [1.29, 1.82) is 0 Å². The number of carbonyl (C=O) groups is 1. The van der Waals surface area contributed by atoms with E-state index in [-0.39, 0.29) is 5.91 Å². The number of rotatable bonds is 6. The second-order valence-electron chi connectivity index (χ2n) is 7.12. The van der Waals surface area contributed by atoms with E-state index >= 15 is 0 Å². The quantitative estimate of drug-likeness (QED) is 0.681. The van der Waals surface area contributed by atoms with Gasteiger partial charge in [0.05, 0.1) is 16.3 Å². The first-order valence-electron chi connectivity index (χ1n) is 9.99. The molecular weight excluding hydrogens is 368 g/mol. The van der Waals surface area contributed by atoms with Gasteiger partial charge in [0.25, 0.3) is 5.91 Å². The smallest absolute Gasteiger partial charge is 0.274 e. The molecule has 4 rings (SSSR count). The minimum absolute atomic E-state index is 0.0428. The Morgan fingerprint density at radius 3 is 2.68 bits per heavy atom. The highest BCUT2D eigenvalue weighted by Gasteiger charge is 2.28. The molecule has 1 aliphatic heterocycles. The first kappa shape index (κ1) is 18.9. The highest BCUT2D eigenvalue weighted by molar-refractivity contribution is 7.13. The average Bonchev–Trinajstić information content (AvgIpc) is 3.42. The Hall–Kier alpha value is -2.44. The third-order valence-corrected chi connectivity index (χ3v) is 6.07. The van der Waals surface area contributed by atoms with Gasteiger partial charge in [-0.3, -0.25) is 4.79 Å². The van der Waals surface area contributed by atoms with E-state index in [4.69, 9.17) is 5.10 Å². The van der Waals surface area contributed by atoms with Crippen LogP contribution < -0.4 is 5.32 Å². The van der Waals surface area contributed by atoms with Gasteiger partial charge in [-0.25, -0.2) is 4.68 Å². The van der Waals surface area contributed by atoms with Gasteiger partial charge in [-0.2, -0.15) is 5.10 Å². The highest BCUT2D eigenvalue weighted by atomic mass is 32.1. The number of carbonyl (C=O) groups excluding carboxylic acids is 1. The van der Waals surface area contributed by atoms with Crippen molar-refractivity contribution in [2.75, 3.05) is 19.6 Å². The van der Waals surface area contributed by atoms with Crippen LogP contribution in [-0.4, -0.2) is 46.3 Å². The lowest BCUT2D eigenvalue weighted by molar-refractivity contribution is 0.0636. The predicted octanol–water partition coefficient (Wildman–Crippen LogP) is 4.21. The number of nitrogens with zero attached hydrogens (tertiary/aromatic N) is 3. The molecule has 1 saturated heterocycles. The van der Waals surface area contributed by atoms with Crippen molar-refractivity contribution in [1.82, 2.24) is 20.0 Å². The molecule has 1 aromatic carbocycles. The van der Waals surface area contributed by atoms with Gasteiger partial charge in [0.2, 0.25) is 0 Å². The molecule has 0 unspecified atom stereocenters. The van der Waals surface area contributed by atoms with Crippen LogP contribution in [0.5, 0.6) is 0 Å². The SMILES string of the molecule is CCCN(C(=O)c1cc(-c2cccs2)n(-c2ccccc2)n1)C1CCNCC1. The Morgan fingerprint density at radius 2 is 2.00 bits per heavy atom. The third kappa shape index (κ3) is 3.88. The minimum atomic E-state index is 0.0428. The van der Waals surface area contributed by atoms with Crippen molar-refractivity contribution in [3.8, 4) is 16.3 Å². The topological polar surface area (TPSA) is 50.2 Å². The fourth-order valence-corrected chi connectivity index (χ4v) is 4.53. The van der Waals surface area contributed by atoms with Crippen molar-refractivity contribution in [3.63, 3.8) is 0 Å². The van der Waals surface area contributed by atoms with Gasteiger partial charge in [-0.05, 0) is 62.0 Å². The van der Waals surface area contributed by atoms with E-state index in [1.807, 2.05) is 52.0 Å². The lowest BCUT2D eigenvalue weighted by Crippen LogP contribution is -2.46. The van der Waals surface area contributed by atoms with Crippen LogP contribution in [0.3, 0.4) is 0 Å². The zero-order chi connectivity index (χ0) is 19.3. The summed E-state index contributed by atoms with van der Waals surface area (Å²) in [5, 5.41) is 10.2. The molecule has 28 heavy (non-hydrogen) atoms. The van der Waals surface area contributed by atoms with Crippen molar-refractivity contribution in [2.45, 2.75) is 32.2 Å². The van der Waals surface area contributed by atoms with Crippen LogP contribution in [-0.2, 0) is 0 Å². The number of thiophene rings is 1. The second kappa shape index (κ2) is 8.71. The van der Waals surface area contributed by atoms with Gasteiger partial charge in [0.15, 0.2) is 5.69 Å². The monoisotopic (exact) mass is 394 g/mol. The number of para-hydroxylation sites is 1. The Balaban J connectivity index is 1.71. The van der Waals surface area contributed by atoms with Crippen LogP contribution in [0, 0.1) is 0 Å². The maximum absolute atomic E-state index is 13.4. The molecule has 1 aliphatic rings. The first-order valence-corrected chi connectivity index (χ1v) is 10.9. The molecule has 3 aromatic rings. The summed E-state index contributed by atoms with van der Waals surface area (Å²) in [6.45, 7) is 4.84. The minimum Gasteiger partial charge on any atom is -0.334 e. The molecule has 0 atom stereocenters. The molecule has 2 aromatic heterocycles. The largest absolute Gasteiger partial charge is 0.334 e. The van der Waals surface area contributed by atoms with Crippen LogP contribution >= 0.6 is 11.3 Å². The summed E-state index contributed by atoms with van der Waals surface area (Å²) in [6, 6.07) is 16.4. The summed E-state index contributed by atoms with van der Waals surface area (Å²) in [5.74, 6) is 0.0428. The summed E-state index contributed by atoms with van der Waals surface area (Å²) in [4.78, 5) is 16.6. The summed E-state index contributed by atoms with van der Waals surface area (Å²) in [5.41, 5.74) is 2.46. The maximum Gasteiger partial charge on any atom is 0.274 e. The molecule has 0 radical (unpaired) electrons. The average molecular weight is 395 g/mol. The van der Waals surface area contributed by atoms with E-state index in [1.54, 1.807) is 11.3 Å². The van der Waals surface area contributed by atoms with Crippen molar-refractivity contribution < 1.29 is 4.79 Å². The van der Waals surface area contributed by atoms with Gasteiger partial charge >= 0.3 is 0 Å². The molecule has 0 aliphatic carbocycles. The number of hydrogen-bond acceptors (Lipinski definition) is 4. The zero-order valence-corrected chi connectivity index (χ0v) is 17.0. The molecule has 1 amide bonds. The van der Waals surface area contributed by atoms with E-state index in [9.17, 15) is 4.79 Å². The summed E-state index contributed by atoms with van der Waals surface area (Å²) in [6.07, 6.45) is 2.96. The molecule has 3 heterocycles. The van der Waals surface area contributed by atoms with Gasteiger partial charge in [-0.15, -0.1) is 11.3 Å². The van der Waals surface area contributed by atoms with E-state index < -0.39 is 0 Å². The van der Waals surface area contributed by atoms with E-state index in [2.05, 4.69) is 23.7 Å². The summed E-state index contributed by atoms with van der Waals surface area (Å²) >= 11 is 1.66. The van der Waals surface area contributed by atoms with E-state index in [1.165, 1.54) is 0 Å². The molecule has 1 N–H and O–H groups in total. The molecule has 0 spiro atoms. The first-order chi connectivity index (χ1) is 13.8. The van der Waals surface area contributed by atoms with Gasteiger partial charge < -0.3 is 10.2 Å². The Morgan fingerprint density at radius 1 is 1.21 bits per heavy atom. The molecular formula is C22H26N4OS. The molecule has 1 fully saturated rings. The number of hydrogen-bond donors (Lipinski definition) is 1. The van der Waals surface area contributed by atoms with Gasteiger partial charge in [0.1, 0.15) is 0 Å². The predicted molar refractivity (Wildman–Crippen MR) is 114 cm³/mol. The Labute approximate surface area is 170 Å². The van der Waals surface area contributed by atoms with Crippen molar-refractivity contribution >= 4 is 17.2 Å². The second-order valence-corrected chi connectivity index (χ2v) is 8.07. The number of aromatic nitrogens is 2. The van der Waals surface area contributed by atoms with Crippen molar-refractivity contribution in [2.24, 2.45) is 0 Å². The molecule has 5 nitrogen and oxygen atoms in total.